The van der Waals surface area contributed by atoms with Gasteiger partial charge >= 0.3 is 0 Å². The molecule has 0 spiro atoms. The monoisotopic (exact) mass is 603 g/mol. The van der Waals surface area contributed by atoms with E-state index in [2.05, 4.69) is 38.3 Å². The molecule has 7 rings (SSSR count). The van der Waals surface area contributed by atoms with E-state index in [4.69, 9.17) is 9.88 Å². The summed E-state index contributed by atoms with van der Waals surface area (Å²) in [7, 11) is 3.82. The number of carbonyl (C=O) groups excluding carboxylic acids is 2. The smallest absolute Gasteiger partial charge is 0.264 e. The van der Waals surface area contributed by atoms with Crippen molar-refractivity contribution >= 4 is 33.9 Å². The maximum Gasteiger partial charge on any atom is 0.264 e. The molecule has 3 aromatic rings. The fraction of sp³-hybridized carbons (Fsp3) is 0.515. The fourth-order valence-corrected chi connectivity index (χ4v) is 8.44. The molecule has 3 unspecified atom stereocenters. The normalized spacial score (nSPS) is 24.7. The number of amides is 2. The Hall–Kier alpha value is -3.21. The van der Waals surface area contributed by atoms with Gasteiger partial charge in [-0.1, -0.05) is 25.3 Å². The summed E-state index contributed by atoms with van der Waals surface area (Å²) in [5, 5.41) is 6.53. The average molecular weight is 604 g/mol. The minimum Gasteiger partial charge on any atom is -0.497 e. The van der Waals surface area contributed by atoms with Crippen LogP contribution >= 0.6 is 0 Å². The molecule has 1 saturated heterocycles. The first-order valence-electron chi connectivity index (χ1n) is 15.6. The highest BCUT2D eigenvalue weighted by atomic mass is 32.2. The molecule has 2 aliphatic carbocycles. The third-order valence-electron chi connectivity index (χ3n) is 10.4. The van der Waals surface area contributed by atoms with Crippen molar-refractivity contribution in [3.05, 3.63) is 53.1 Å². The molecular formula is C33H41N5O4S. The third-order valence-corrected chi connectivity index (χ3v) is 10.8. The van der Waals surface area contributed by atoms with E-state index in [1.165, 1.54) is 41.6 Å². The molecule has 0 bridgehead atoms. The molecule has 2 aromatic carbocycles. The number of nitrogens with two attached hydrogens (primary N) is 1. The minimum absolute atomic E-state index is 0.103. The van der Waals surface area contributed by atoms with E-state index in [0.717, 1.165) is 68.5 Å². The Kier molecular flexibility index (Phi) is 7.34. The molecule has 2 saturated carbocycles. The summed E-state index contributed by atoms with van der Waals surface area (Å²) in [4.78, 5) is 31.9. The number of aromatic nitrogens is 1. The third kappa shape index (κ3) is 4.87. The molecule has 228 valence electrons. The van der Waals surface area contributed by atoms with Crippen LogP contribution in [0.25, 0.3) is 22.2 Å². The van der Waals surface area contributed by atoms with Gasteiger partial charge < -0.3 is 19.1 Å². The molecule has 3 heterocycles. The van der Waals surface area contributed by atoms with Crippen LogP contribution in [0.4, 0.5) is 0 Å². The number of hydrogen-bond donors (Lipinski definition) is 2. The highest BCUT2D eigenvalue weighted by Crippen LogP contribution is 2.66. The number of nitrogens with zero attached hydrogens (tertiary/aromatic N) is 3. The van der Waals surface area contributed by atoms with Crippen LogP contribution in [-0.2, 0) is 22.5 Å². The fourth-order valence-electron chi connectivity index (χ4n) is 8.14. The first-order chi connectivity index (χ1) is 20.8. The Morgan fingerprint density at radius 2 is 1.84 bits per heavy atom. The van der Waals surface area contributed by atoms with Gasteiger partial charge in [-0.2, -0.15) is 0 Å². The van der Waals surface area contributed by atoms with Crippen molar-refractivity contribution in [1.29, 1.82) is 0 Å². The topological polar surface area (TPSA) is 110 Å². The van der Waals surface area contributed by atoms with Gasteiger partial charge in [-0.15, -0.1) is 0 Å². The van der Waals surface area contributed by atoms with Crippen molar-refractivity contribution in [2.45, 2.75) is 63.3 Å². The van der Waals surface area contributed by atoms with E-state index in [1.54, 1.807) is 13.2 Å². The van der Waals surface area contributed by atoms with Crippen molar-refractivity contribution in [3.63, 3.8) is 0 Å². The Labute approximate surface area is 255 Å². The highest BCUT2D eigenvalue weighted by Gasteiger charge is 2.63. The Morgan fingerprint density at radius 3 is 2.60 bits per heavy atom. The number of likely N-dealkylation sites (N-methyl/N-ethyl adjacent to an activating group) is 1. The zero-order valence-electron chi connectivity index (χ0n) is 25.1. The Morgan fingerprint density at radius 1 is 1.02 bits per heavy atom. The molecule has 3 atom stereocenters. The van der Waals surface area contributed by atoms with Gasteiger partial charge in [0.15, 0.2) is 11.2 Å². The molecule has 3 N–H and O–H groups in total. The van der Waals surface area contributed by atoms with Crippen LogP contribution in [0.1, 0.15) is 78.3 Å². The minimum atomic E-state index is -1.96. The van der Waals surface area contributed by atoms with Gasteiger partial charge in [-0.25, -0.2) is 9.35 Å². The van der Waals surface area contributed by atoms with Crippen molar-refractivity contribution in [2.24, 2.45) is 10.6 Å². The van der Waals surface area contributed by atoms with Crippen LogP contribution in [0.15, 0.2) is 36.4 Å². The van der Waals surface area contributed by atoms with Gasteiger partial charge in [0.1, 0.15) is 5.75 Å². The van der Waals surface area contributed by atoms with E-state index in [1.807, 2.05) is 18.2 Å². The summed E-state index contributed by atoms with van der Waals surface area (Å²) in [5.74, 6) is 1.08. The van der Waals surface area contributed by atoms with Gasteiger partial charge in [-0.05, 0) is 86.7 Å². The lowest BCUT2D eigenvalue weighted by Gasteiger charge is -2.27. The van der Waals surface area contributed by atoms with Crippen molar-refractivity contribution in [3.8, 4) is 17.0 Å². The second kappa shape index (κ2) is 11.1. The Bertz CT molecular complexity index is 1630. The summed E-state index contributed by atoms with van der Waals surface area (Å²) >= 11 is -1.96. The van der Waals surface area contributed by atoms with Gasteiger partial charge in [0.25, 0.3) is 5.91 Å². The number of methoxy groups -OCH3 is 1. The van der Waals surface area contributed by atoms with Crippen LogP contribution in [0.2, 0.25) is 0 Å². The number of nitrogens with one attached hydrogen (secondary N) is 1. The lowest BCUT2D eigenvalue weighted by molar-refractivity contribution is -0.137. The second-order valence-electron chi connectivity index (χ2n) is 13.0. The van der Waals surface area contributed by atoms with Crippen LogP contribution in [0, 0.1) is 5.41 Å². The average Bonchev–Trinajstić information content (AvgIpc) is 3.73. The molecular weight excluding hydrogens is 562 g/mol. The van der Waals surface area contributed by atoms with Gasteiger partial charge in [0, 0.05) is 54.1 Å². The molecule has 9 nitrogen and oxygen atoms in total. The number of benzene rings is 2. The van der Waals surface area contributed by atoms with Crippen molar-refractivity contribution < 1.29 is 18.5 Å². The largest absolute Gasteiger partial charge is 0.497 e. The first-order valence-corrected chi connectivity index (χ1v) is 16.8. The molecule has 0 radical (unpaired) electrons. The molecule has 3 fully saturated rings. The predicted octanol–water partition coefficient (Wildman–Crippen LogP) is 4.28. The van der Waals surface area contributed by atoms with Gasteiger partial charge in [-0.3, -0.25) is 14.3 Å². The Balaban J connectivity index is 1.44. The van der Waals surface area contributed by atoms with Crippen LogP contribution in [0.3, 0.4) is 0 Å². The van der Waals surface area contributed by atoms with Crippen molar-refractivity contribution in [2.75, 3.05) is 40.3 Å². The van der Waals surface area contributed by atoms with Crippen molar-refractivity contribution in [1.82, 2.24) is 19.1 Å². The lowest BCUT2D eigenvalue weighted by atomic mass is 9.81. The van der Waals surface area contributed by atoms with E-state index in [9.17, 15) is 13.8 Å². The van der Waals surface area contributed by atoms with E-state index in [-0.39, 0.29) is 11.8 Å². The van der Waals surface area contributed by atoms with E-state index >= 15 is 0 Å². The van der Waals surface area contributed by atoms with Crippen LogP contribution in [-0.4, -0.2) is 70.7 Å². The molecule has 4 aliphatic rings. The zero-order valence-corrected chi connectivity index (χ0v) is 25.9. The summed E-state index contributed by atoms with van der Waals surface area (Å²) in [5.41, 5.74) is 5.66. The summed E-state index contributed by atoms with van der Waals surface area (Å²) in [6.45, 7) is 3.95. The zero-order chi connectivity index (χ0) is 29.9. The van der Waals surface area contributed by atoms with Crippen LogP contribution < -0.4 is 14.6 Å². The first kappa shape index (κ1) is 28.6. The number of fused-ring (bicyclic) bond motifs is 7. The van der Waals surface area contributed by atoms with Gasteiger partial charge in [0.05, 0.1) is 18.2 Å². The highest BCUT2D eigenvalue weighted by molar-refractivity contribution is 7.81. The van der Waals surface area contributed by atoms with E-state index in [0.29, 0.717) is 18.0 Å². The maximum absolute atomic E-state index is 14.6. The summed E-state index contributed by atoms with van der Waals surface area (Å²) in [6, 6.07) is 12.1. The maximum atomic E-state index is 14.6. The number of carbonyl (C=O) groups is 2. The molecule has 10 heteroatoms. The second-order valence-corrected chi connectivity index (χ2v) is 13.8. The van der Waals surface area contributed by atoms with Gasteiger partial charge in [0.2, 0.25) is 5.91 Å². The number of ether oxygens (including phenoxy) is 1. The molecule has 2 aliphatic heterocycles. The number of rotatable bonds is 5. The summed E-state index contributed by atoms with van der Waals surface area (Å²) in [6.07, 6.45) is 7.67. The van der Waals surface area contributed by atoms with Crippen LogP contribution in [0.5, 0.6) is 5.75 Å². The summed E-state index contributed by atoms with van der Waals surface area (Å²) < 4.78 is 22.0. The SMILES string of the molecule is COc1ccc2c(c1)C1CC1(C(=O)N1CCCN(C)CC1)Cn1c-2c(C2CCCCC2)c2ccc(C(=O)NS(N)=O)cc21. The quantitative estimate of drug-likeness (QED) is 0.453. The predicted molar refractivity (Wildman–Crippen MR) is 168 cm³/mol. The molecule has 1 aromatic heterocycles. The molecule has 43 heavy (non-hydrogen) atoms. The number of hydrogen-bond acceptors (Lipinski definition) is 5. The standard InChI is InChI=1S/C33H41N5O4S/c1-36-13-6-14-37(16-15-36)32(40)33-19-27(33)26-18-23(42-2)10-12-24(26)30-29(21-7-4-3-5-8-21)25-11-9-22(31(39)35-43(34)41)17-28(25)38(30)20-33/h9-12,17-18,21,27H,3-8,13-16,19-20,34H2,1-2H3,(H,35,39). The lowest BCUT2D eigenvalue weighted by Crippen LogP contribution is -2.41. The van der Waals surface area contributed by atoms with E-state index < -0.39 is 22.5 Å². The molecule has 2 amide bonds.